The summed E-state index contributed by atoms with van der Waals surface area (Å²) >= 11 is 0. The molecular formula is C13H26N2O. The van der Waals surface area contributed by atoms with E-state index >= 15 is 0 Å². The van der Waals surface area contributed by atoms with Crippen LogP contribution in [0.3, 0.4) is 0 Å². The van der Waals surface area contributed by atoms with Gasteiger partial charge in [0.2, 0.25) is 5.91 Å². The molecule has 3 N–H and O–H groups in total. The highest BCUT2D eigenvalue weighted by Crippen LogP contribution is 2.43. The van der Waals surface area contributed by atoms with Gasteiger partial charge >= 0.3 is 0 Å². The number of hydrogen-bond donors (Lipinski definition) is 2. The smallest absolute Gasteiger partial charge is 0.220 e. The molecule has 0 aromatic rings. The SMILES string of the molecule is CCCCCCCC(=O)NCC1(CN)CC1. The molecule has 0 aliphatic heterocycles. The fraction of sp³-hybridized carbons (Fsp3) is 0.923. The van der Waals surface area contributed by atoms with Gasteiger partial charge in [-0.3, -0.25) is 4.79 Å². The van der Waals surface area contributed by atoms with E-state index in [4.69, 9.17) is 5.73 Å². The highest BCUT2D eigenvalue weighted by Gasteiger charge is 2.41. The van der Waals surface area contributed by atoms with E-state index in [2.05, 4.69) is 12.2 Å². The Kier molecular flexibility index (Phi) is 5.81. The highest BCUT2D eigenvalue weighted by atomic mass is 16.1. The maximum Gasteiger partial charge on any atom is 0.220 e. The van der Waals surface area contributed by atoms with Crippen molar-refractivity contribution in [1.82, 2.24) is 5.32 Å². The second kappa shape index (κ2) is 6.89. The maximum atomic E-state index is 11.5. The van der Waals surface area contributed by atoms with Gasteiger partial charge in [0.05, 0.1) is 0 Å². The first-order valence-electron chi connectivity index (χ1n) is 6.69. The Bertz CT molecular complexity index is 212. The Morgan fingerprint density at radius 1 is 1.25 bits per heavy atom. The lowest BCUT2D eigenvalue weighted by molar-refractivity contribution is -0.121. The van der Waals surface area contributed by atoms with E-state index in [1.54, 1.807) is 0 Å². The lowest BCUT2D eigenvalue weighted by Crippen LogP contribution is -2.33. The van der Waals surface area contributed by atoms with Crippen LogP contribution in [-0.4, -0.2) is 19.0 Å². The van der Waals surface area contributed by atoms with Crippen LogP contribution in [0.4, 0.5) is 0 Å². The predicted octanol–water partition coefficient (Wildman–Crippen LogP) is 2.20. The number of carbonyl (C=O) groups excluding carboxylic acids is 1. The minimum absolute atomic E-state index is 0.205. The summed E-state index contributed by atoms with van der Waals surface area (Å²) in [7, 11) is 0. The van der Waals surface area contributed by atoms with Crippen LogP contribution in [0, 0.1) is 5.41 Å². The quantitative estimate of drug-likeness (QED) is 0.592. The fourth-order valence-corrected chi connectivity index (χ4v) is 1.89. The zero-order valence-electron chi connectivity index (χ0n) is 10.6. The molecule has 3 nitrogen and oxygen atoms in total. The van der Waals surface area contributed by atoms with Crippen LogP contribution < -0.4 is 11.1 Å². The average Bonchev–Trinajstić information content (AvgIpc) is 3.07. The first-order valence-corrected chi connectivity index (χ1v) is 6.69. The van der Waals surface area contributed by atoms with Crippen molar-refractivity contribution in [2.75, 3.05) is 13.1 Å². The maximum absolute atomic E-state index is 11.5. The van der Waals surface area contributed by atoms with E-state index < -0.39 is 0 Å². The molecular weight excluding hydrogens is 200 g/mol. The summed E-state index contributed by atoms with van der Waals surface area (Å²) in [4.78, 5) is 11.5. The van der Waals surface area contributed by atoms with Gasteiger partial charge in [-0.1, -0.05) is 32.6 Å². The van der Waals surface area contributed by atoms with E-state index in [0.29, 0.717) is 13.0 Å². The van der Waals surface area contributed by atoms with Crippen molar-refractivity contribution in [3.05, 3.63) is 0 Å². The molecule has 0 heterocycles. The molecule has 0 spiro atoms. The van der Waals surface area contributed by atoms with E-state index in [0.717, 1.165) is 13.0 Å². The van der Waals surface area contributed by atoms with Gasteiger partial charge in [0, 0.05) is 13.0 Å². The summed E-state index contributed by atoms with van der Waals surface area (Å²) in [6.07, 6.45) is 9.06. The van der Waals surface area contributed by atoms with E-state index in [-0.39, 0.29) is 11.3 Å². The van der Waals surface area contributed by atoms with Crippen LogP contribution >= 0.6 is 0 Å². The van der Waals surface area contributed by atoms with Gasteiger partial charge in [-0.2, -0.15) is 0 Å². The average molecular weight is 226 g/mol. The minimum Gasteiger partial charge on any atom is -0.355 e. The monoisotopic (exact) mass is 226 g/mol. The summed E-state index contributed by atoms with van der Waals surface area (Å²) in [6, 6.07) is 0. The number of rotatable bonds is 9. The lowest BCUT2D eigenvalue weighted by Gasteiger charge is -2.13. The van der Waals surface area contributed by atoms with E-state index in [9.17, 15) is 4.79 Å². The summed E-state index contributed by atoms with van der Waals surface area (Å²) in [6.45, 7) is 3.70. The van der Waals surface area contributed by atoms with Gasteiger partial charge in [0.25, 0.3) is 0 Å². The van der Waals surface area contributed by atoms with Gasteiger partial charge < -0.3 is 11.1 Å². The Balaban J connectivity index is 1.95. The molecule has 0 unspecified atom stereocenters. The predicted molar refractivity (Wildman–Crippen MR) is 67.1 cm³/mol. The van der Waals surface area contributed by atoms with Gasteiger partial charge in [0.1, 0.15) is 0 Å². The van der Waals surface area contributed by atoms with Crippen molar-refractivity contribution >= 4 is 5.91 Å². The van der Waals surface area contributed by atoms with E-state index in [1.807, 2.05) is 0 Å². The molecule has 0 saturated heterocycles. The lowest BCUT2D eigenvalue weighted by atomic mass is 10.1. The van der Waals surface area contributed by atoms with Crippen LogP contribution in [-0.2, 0) is 4.79 Å². The second-order valence-electron chi connectivity index (χ2n) is 5.15. The first-order chi connectivity index (χ1) is 7.72. The van der Waals surface area contributed by atoms with Crippen LogP contribution in [0.15, 0.2) is 0 Å². The van der Waals surface area contributed by atoms with Crippen LogP contribution in [0.2, 0.25) is 0 Å². The third-order valence-electron chi connectivity index (χ3n) is 3.56. The number of nitrogens with one attached hydrogen (secondary N) is 1. The molecule has 0 aromatic heterocycles. The molecule has 0 aromatic carbocycles. The number of carbonyl (C=O) groups is 1. The summed E-state index contributed by atoms with van der Waals surface area (Å²) < 4.78 is 0. The molecule has 0 atom stereocenters. The third kappa shape index (κ3) is 4.97. The summed E-state index contributed by atoms with van der Waals surface area (Å²) in [5.41, 5.74) is 5.92. The Morgan fingerprint density at radius 2 is 1.94 bits per heavy atom. The largest absolute Gasteiger partial charge is 0.355 e. The molecule has 1 amide bonds. The topological polar surface area (TPSA) is 55.1 Å². The molecule has 1 saturated carbocycles. The zero-order chi connectivity index (χ0) is 11.9. The van der Waals surface area contributed by atoms with Gasteiger partial charge in [-0.05, 0) is 31.2 Å². The molecule has 1 aliphatic carbocycles. The first kappa shape index (κ1) is 13.5. The standard InChI is InChI=1S/C13H26N2O/c1-2-3-4-5-6-7-12(16)15-11-13(10-14)8-9-13/h2-11,14H2,1H3,(H,15,16). The van der Waals surface area contributed by atoms with Crippen LogP contribution in [0.5, 0.6) is 0 Å². The van der Waals surface area contributed by atoms with Crippen molar-refractivity contribution in [2.24, 2.45) is 11.1 Å². The molecule has 1 rings (SSSR count). The van der Waals surface area contributed by atoms with Crippen molar-refractivity contribution in [1.29, 1.82) is 0 Å². The minimum atomic E-state index is 0.205. The number of nitrogens with two attached hydrogens (primary N) is 1. The van der Waals surface area contributed by atoms with Crippen LogP contribution in [0.25, 0.3) is 0 Å². The normalized spacial score (nSPS) is 17.1. The summed E-state index contributed by atoms with van der Waals surface area (Å²) in [5.74, 6) is 0.205. The zero-order valence-corrected chi connectivity index (χ0v) is 10.6. The fourth-order valence-electron chi connectivity index (χ4n) is 1.89. The number of hydrogen-bond acceptors (Lipinski definition) is 2. The number of amides is 1. The highest BCUT2D eigenvalue weighted by molar-refractivity contribution is 5.75. The summed E-state index contributed by atoms with van der Waals surface area (Å²) in [5, 5.41) is 3.01. The molecule has 3 heteroatoms. The van der Waals surface area contributed by atoms with Gasteiger partial charge in [-0.25, -0.2) is 0 Å². The Morgan fingerprint density at radius 3 is 2.50 bits per heavy atom. The van der Waals surface area contributed by atoms with E-state index in [1.165, 1.54) is 38.5 Å². The van der Waals surface area contributed by atoms with Crippen molar-refractivity contribution in [3.8, 4) is 0 Å². The molecule has 0 radical (unpaired) electrons. The third-order valence-corrected chi connectivity index (χ3v) is 3.56. The Labute approximate surface area is 99.2 Å². The van der Waals surface area contributed by atoms with Gasteiger partial charge in [0.15, 0.2) is 0 Å². The number of unbranched alkanes of at least 4 members (excludes halogenated alkanes) is 4. The molecule has 94 valence electrons. The van der Waals surface area contributed by atoms with Gasteiger partial charge in [-0.15, -0.1) is 0 Å². The molecule has 1 fully saturated rings. The Hall–Kier alpha value is -0.570. The second-order valence-corrected chi connectivity index (χ2v) is 5.15. The van der Waals surface area contributed by atoms with Crippen molar-refractivity contribution in [3.63, 3.8) is 0 Å². The molecule has 1 aliphatic rings. The molecule has 16 heavy (non-hydrogen) atoms. The van der Waals surface area contributed by atoms with Crippen molar-refractivity contribution < 1.29 is 4.79 Å². The van der Waals surface area contributed by atoms with Crippen LogP contribution in [0.1, 0.15) is 58.3 Å². The molecule has 0 bridgehead atoms. The van der Waals surface area contributed by atoms with Crippen molar-refractivity contribution in [2.45, 2.75) is 58.3 Å².